The Bertz CT molecular complexity index is 580. The van der Waals surface area contributed by atoms with Crippen LogP contribution in [0.1, 0.15) is 33.6 Å². The lowest BCUT2D eigenvalue weighted by Crippen LogP contribution is -2.45. The van der Waals surface area contributed by atoms with Crippen molar-refractivity contribution >= 4 is 17.7 Å². The zero-order chi connectivity index (χ0) is 17.0. The van der Waals surface area contributed by atoms with Crippen molar-refractivity contribution in [1.82, 2.24) is 4.90 Å². The third-order valence-electron chi connectivity index (χ3n) is 3.54. The van der Waals surface area contributed by atoms with Crippen LogP contribution in [0, 0.1) is 0 Å². The van der Waals surface area contributed by atoms with E-state index < -0.39 is 11.6 Å². The number of methoxy groups -OCH3 is 1. The number of carbonyl (C=O) groups excluding carboxylic acids is 2. The molecule has 0 radical (unpaired) electrons. The van der Waals surface area contributed by atoms with Crippen LogP contribution in [0.5, 0.6) is 5.75 Å². The van der Waals surface area contributed by atoms with Crippen LogP contribution in [0.15, 0.2) is 24.3 Å². The Morgan fingerprint density at radius 3 is 2.61 bits per heavy atom. The van der Waals surface area contributed by atoms with E-state index in [1.54, 1.807) is 19.2 Å². The lowest BCUT2D eigenvalue weighted by atomic mass is 10.1. The SMILES string of the molecule is COc1ccccc1NC(=O)N1CCC[C@@H]1C(=O)OC(C)(C)C. The van der Waals surface area contributed by atoms with Gasteiger partial charge >= 0.3 is 12.0 Å². The van der Waals surface area contributed by atoms with E-state index in [0.29, 0.717) is 24.4 Å². The molecular weight excluding hydrogens is 296 g/mol. The first kappa shape index (κ1) is 17.1. The van der Waals surface area contributed by atoms with E-state index in [9.17, 15) is 9.59 Å². The molecule has 126 valence electrons. The second-order valence-corrected chi connectivity index (χ2v) is 6.52. The average Bonchev–Trinajstić information content (AvgIpc) is 2.95. The highest BCUT2D eigenvalue weighted by molar-refractivity contribution is 5.94. The molecule has 0 unspecified atom stereocenters. The van der Waals surface area contributed by atoms with Crippen molar-refractivity contribution in [3.63, 3.8) is 0 Å². The van der Waals surface area contributed by atoms with E-state index in [-0.39, 0.29) is 12.0 Å². The standard InChI is InChI=1S/C17H24N2O4/c1-17(2,3)23-15(20)13-9-7-11-19(13)16(21)18-12-8-5-6-10-14(12)22-4/h5-6,8,10,13H,7,9,11H2,1-4H3,(H,18,21)/t13-/m1/s1. The molecule has 1 fully saturated rings. The zero-order valence-electron chi connectivity index (χ0n) is 14.1. The van der Waals surface area contributed by atoms with Crippen LogP contribution < -0.4 is 10.1 Å². The Labute approximate surface area is 136 Å². The summed E-state index contributed by atoms with van der Waals surface area (Å²) in [5.41, 5.74) is 0.0135. The van der Waals surface area contributed by atoms with Crippen LogP contribution in [0.2, 0.25) is 0 Å². The summed E-state index contributed by atoms with van der Waals surface area (Å²) in [4.78, 5) is 26.3. The van der Waals surface area contributed by atoms with E-state index in [4.69, 9.17) is 9.47 Å². The highest BCUT2D eigenvalue weighted by Gasteiger charge is 2.37. The molecule has 1 aromatic rings. The topological polar surface area (TPSA) is 67.9 Å². The number of urea groups is 1. The molecule has 1 aromatic carbocycles. The minimum absolute atomic E-state index is 0.317. The first-order chi connectivity index (χ1) is 10.8. The lowest BCUT2D eigenvalue weighted by molar-refractivity contribution is -0.159. The van der Waals surface area contributed by atoms with Gasteiger partial charge in [0.05, 0.1) is 12.8 Å². The second kappa shape index (κ2) is 6.89. The molecule has 6 nitrogen and oxygen atoms in total. The molecule has 2 rings (SSSR count). The van der Waals surface area contributed by atoms with Crippen molar-refractivity contribution in [1.29, 1.82) is 0 Å². The van der Waals surface area contributed by atoms with Crippen molar-refractivity contribution < 1.29 is 19.1 Å². The number of nitrogens with zero attached hydrogens (tertiary/aromatic N) is 1. The molecule has 0 bridgehead atoms. The van der Waals surface area contributed by atoms with Crippen molar-refractivity contribution in [2.45, 2.75) is 45.3 Å². The van der Waals surface area contributed by atoms with Crippen molar-refractivity contribution in [2.75, 3.05) is 19.0 Å². The zero-order valence-corrected chi connectivity index (χ0v) is 14.1. The van der Waals surface area contributed by atoms with Gasteiger partial charge in [0.1, 0.15) is 17.4 Å². The number of anilines is 1. The van der Waals surface area contributed by atoms with Crippen LogP contribution >= 0.6 is 0 Å². The molecule has 0 saturated carbocycles. The van der Waals surface area contributed by atoms with Gasteiger partial charge in [0.15, 0.2) is 0 Å². The molecule has 1 N–H and O–H groups in total. The predicted octanol–water partition coefficient (Wildman–Crippen LogP) is 3.03. The maximum absolute atomic E-state index is 12.5. The second-order valence-electron chi connectivity index (χ2n) is 6.52. The highest BCUT2D eigenvalue weighted by Crippen LogP contribution is 2.26. The largest absolute Gasteiger partial charge is 0.495 e. The number of para-hydroxylation sites is 2. The van der Waals surface area contributed by atoms with Crippen LogP contribution in [-0.4, -0.2) is 42.2 Å². The van der Waals surface area contributed by atoms with E-state index in [0.717, 1.165) is 6.42 Å². The molecular formula is C17H24N2O4. The maximum Gasteiger partial charge on any atom is 0.329 e. The Morgan fingerprint density at radius 2 is 1.96 bits per heavy atom. The molecule has 6 heteroatoms. The minimum atomic E-state index is -0.565. The minimum Gasteiger partial charge on any atom is -0.495 e. The molecule has 23 heavy (non-hydrogen) atoms. The fourth-order valence-corrected chi connectivity index (χ4v) is 2.56. The molecule has 0 aromatic heterocycles. The monoisotopic (exact) mass is 320 g/mol. The van der Waals surface area contributed by atoms with Gasteiger partial charge in [0.25, 0.3) is 0 Å². The van der Waals surface area contributed by atoms with Gasteiger partial charge in [-0.25, -0.2) is 9.59 Å². The van der Waals surface area contributed by atoms with Crippen LogP contribution in [0.4, 0.5) is 10.5 Å². The number of benzene rings is 1. The molecule has 0 spiro atoms. The number of hydrogen-bond donors (Lipinski definition) is 1. The van der Waals surface area contributed by atoms with Crippen LogP contribution in [-0.2, 0) is 9.53 Å². The van der Waals surface area contributed by atoms with Gasteiger partial charge in [-0.15, -0.1) is 0 Å². The number of hydrogen-bond acceptors (Lipinski definition) is 4. The summed E-state index contributed by atoms with van der Waals surface area (Å²) in [5.74, 6) is 0.221. The summed E-state index contributed by atoms with van der Waals surface area (Å²) in [6.07, 6.45) is 1.40. The summed E-state index contributed by atoms with van der Waals surface area (Å²) < 4.78 is 10.6. The first-order valence-electron chi connectivity index (χ1n) is 7.75. The highest BCUT2D eigenvalue weighted by atomic mass is 16.6. The summed E-state index contributed by atoms with van der Waals surface area (Å²) in [6.45, 7) is 5.99. The normalized spacial score (nSPS) is 17.7. The molecule has 1 heterocycles. The van der Waals surface area contributed by atoms with Gasteiger partial charge in [-0.05, 0) is 45.7 Å². The molecule has 2 amide bonds. The Balaban J connectivity index is 2.07. The number of amides is 2. The quantitative estimate of drug-likeness (QED) is 0.869. The van der Waals surface area contributed by atoms with Gasteiger partial charge in [0, 0.05) is 6.54 Å². The van der Waals surface area contributed by atoms with Gasteiger partial charge in [-0.1, -0.05) is 12.1 Å². The van der Waals surface area contributed by atoms with E-state index >= 15 is 0 Å². The summed E-state index contributed by atoms with van der Waals surface area (Å²) in [7, 11) is 1.55. The predicted molar refractivity (Wildman–Crippen MR) is 87.6 cm³/mol. The molecule has 1 saturated heterocycles. The third-order valence-corrected chi connectivity index (χ3v) is 3.54. The number of nitrogens with one attached hydrogen (secondary N) is 1. The molecule has 0 aliphatic carbocycles. The van der Waals surface area contributed by atoms with Gasteiger partial charge in [0.2, 0.25) is 0 Å². The maximum atomic E-state index is 12.5. The van der Waals surface area contributed by atoms with E-state index in [2.05, 4.69) is 5.32 Å². The summed E-state index contributed by atoms with van der Waals surface area (Å²) in [6, 6.07) is 6.31. The number of carbonyl (C=O) groups is 2. The molecule has 1 atom stereocenters. The first-order valence-corrected chi connectivity index (χ1v) is 7.75. The lowest BCUT2D eigenvalue weighted by Gasteiger charge is -2.27. The Morgan fingerprint density at radius 1 is 1.26 bits per heavy atom. The number of ether oxygens (including phenoxy) is 2. The average molecular weight is 320 g/mol. The van der Waals surface area contributed by atoms with Crippen LogP contribution in [0.25, 0.3) is 0 Å². The number of rotatable bonds is 3. The van der Waals surface area contributed by atoms with Crippen molar-refractivity contribution in [3.8, 4) is 5.75 Å². The smallest absolute Gasteiger partial charge is 0.329 e. The Kier molecular flexibility index (Phi) is 5.13. The van der Waals surface area contributed by atoms with E-state index in [1.165, 1.54) is 4.90 Å². The third kappa shape index (κ3) is 4.37. The van der Waals surface area contributed by atoms with Gasteiger partial charge in [-0.2, -0.15) is 0 Å². The van der Waals surface area contributed by atoms with Crippen LogP contribution in [0.3, 0.4) is 0 Å². The molecule has 1 aliphatic rings. The number of esters is 1. The summed E-state index contributed by atoms with van der Waals surface area (Å²) >= 11 is 0. The fourth-order valence-electron chi connectivity index (χ4n) is 2.56. The van der Waals surface area contributed by atoms with Gasteiger partial charge in [-0.3, -0.25) is 0 Å². The van der Waals surface area contributed by atoms with E-state index in [1.807, 2.05) is 32.9 Å². The van der Waals surface area contributed by atoms with Gasteiger partial charge < -0.3 is 19.7 Å². The summed E-state index contributed by atoms with van der Waals surface area (Å²) in [5, 5.41) is 2.81. The van der Waals surface area contributed by atoms with Crippen molar-refractivity contribution in [2.24, 2.45) is 0 Å². The Hall–Kier alpha value is -2.24. The fraction of sp³-hybridized carbons (Fsp3) is 0.529. The number of likely N-dealkylation sites (tertiary alicyclic amines) is 1. The molecule has 1 aliphatic heterocycles. The van der Waals surface area contributed by atoms with Crippen molar-refractivity contribution in [3.05, 3.63) is 24.3 Å².